The minimum absolute atomic E-state index is 0.252. The van der Waals surface area contributed by atoms with Gasteiger partial charge in [0.15, 0.2) is 5.41 Å². The Balaban J connectivity index is 2.45. The summed E-state index contributed by atoms with van der Waals surface area (Å²) < 4.78 is 4.92. The summed E-state index contributed by atoms with van der Waals surface area (Å²) in [5.41, 5.74) is -2.18. The molecule has 1 aromatic rings. The molecule has 0 aromatic heterocycles. The van der Waals surface area contributed by atoms with E-state index in [2.05, 4.69) is 6.07 Å². The van der Waals surface area contributed by atoms with Crippen LogP contribution in [0, 0.1) is 16.7 Å². The van der Waals surface area contributed by atoms with Gasteiger partial charge in [0.2, 0.25) is 5.91 Å². The molecule has 0 bridgehead atoms. The summed E-state index contributed by atoms with van der Waals surface area (Å²) in [6.45, 7) is 7.65. The van der Waals surface area contributed by atoms with Crippen LogP contribution < -0.4 is 0 Å². The summed E-state index contributed by atoms with van der Waals surface area (Å²) in [4.78, 5) is 27.1. The van der Waals surface area contributed by atoms with Crippen molar-refractivity contribution in [1.29, 1.82) is 5.26 Å². The highest BCUT2D eigenvalue weighted by atomic mass is 16.5. The van der Waals surface area contributed by atoms with Gasteiger partial charge in [-0.15, -0.1) is 0 Å². The summed E-state index contributed by atoms with van der Waals surface area (Å²) in [6, 6.07) is 11.4. The molecule has 5 heteroatoms. The van der Waals surface area contributed by atoms with Crippen molar-refractivity contribution in [2.75, 3.05) is 13.7 Å². The van der Waals surface area contributed by atoms with Gasteiger partial charge in [0.05, 0.1) is 24.1 Å². The van der Waals surface area contributed by atoms with Gasteiger partial charge in [0.1, 0.15) is 0 Å². The first-order valence-electron chi connectivity index (χ1n) is 8.02. The van der Waals surface area contributed by atoms with Crippen LogP contribution >= 0.6 is 0 Å². The van der Waals surface area contributed by atoms with Crippen LogP contribution in [0.15, 0.2) is 30.3 Å². The summed E-state index contributed by atoms with van der Waals surface area (Å²) in [7, 11) is 1.34. The van der Waals surface area contributed by atoms with Gasteiger partial charge < -0.3 is 9.64 Å². The summed E-state index contributed by atoms with van der Waals surface area (Å²) in [5.74, 6) is -0.632. The van der Waals surface area contributed by atoms with Crippen molar-refractivity contribution in [3.63, 3.8) is 0 Å². The molecule has 1 atom stereocenters. The SMILES string of the molecule is COC(=O)C(C)(C)C(C)(C)N1CCC(C#N)(c2ccccc2)C1=O. The average Bonchev–Trinajstić information content (AvgIpc) is 2.92. The number of nitrogens with zero attached hydrogens (tertiary/aromatic N) is 2. The maximum absolute atomic E-state index is 13.2. The highest BCUT2D eigenvalue weighted by Gasteiger charge is 2.57. The third-order valence-electron chi connectivity index (χ3n) is 5.68. The van der Waals surface area contributed by atoms with Gasteiger partial charge in [-0.1, -0.05) is 30.3 Å². The molecule has 24 heavy (non-hydrogen) atoms. The molecule has 0 radical (unpaired) electrons. The lowest BCUT2D eigenvalue weighted by molar-refractivity contribution is -0.162. The average molecular weight is 328 g/mol. The number of carbonyl (C=O) groups excluding carboxylic acids is 2. The van der Waals surface area contributed by atoms with Crippen LogP contribution in [0.5, 0.6) is 0 Å². The molecule has 1 unspecified atom stereocenters. The molecule has 0 saturated carbocycles. The second kappa shape index (κ2) is 5.94. The molecule has 1 aromatic carbocycles. The van der Waals surface area contributed by atoms with Gasteiger partial charge in [0.25, 0.3) is 0 Å². The van der Waals surface area contributed by atoms with Gasteiger partial charge in [-0.05, 0) is 39.7 Å². The second-order valence-electron chi connectivity index (χ2n) is 7.27. The smallest absolute Gasteiger partial charge is 0.313 e. The number of benzene rings is 1. The van der Waals surface area contributed by atoms with Crippen molar-refractivity contribution < 1.29 is 14.3 Å². The van der Waals surface area contributed by atoms with Gasteiger partial charge in [0, 0.05) is 6.54 Å². The number of amides is 1. The van der Waals surface area contributed by atoms with Gasteiger partial charge in [-0.3, -0.25) is 9.59 Å². The molecule has 1 aliphatic rings. The van der Waals surface area contributed by atoms with Crippen molar-refractivity contribution in [2.45, 2.75) is 45.1 Å². The first-order chi connectivity index (χ1) is 11.1. The minimum atomic E-state index is -1.19. The van der Waals surface area contributed by atoms with E-state index >= 15 is 0 Å². The highest BCUT2D eigenvalue weighted by molar-refractivity contribution is 5.94. The molecule has 0 N–H and O–H groups in total. The van der Waals surface area contributed by atoms with Crippen molar-refractivity contribution in [1.82, 2.24) is 4.90 Å². The van der Waals surface area contributed by atoms with E-state index in [1.54, 1.807) is 18.7 Å². The number of carbonyl (C=O) groups is 2. The normalized spacial score (nSPS) is 21.5. The lowest BCUT2D eigenvalue weighted by Gasteiger charge is -2.46. The number of likely N-dealkylation sites (tertiary alicyclic amines) is 1. The third-order valence-corrected chi connectivity index (χ3v) is 5.68. The van der Waals surface area contributed by atoms with Gasteiger partial charge in [-0.2, -0.15) is 5.26 Å². The molecule has 128 valence electrons. The second-order valence-corrected chi connectivity index (χ2v) is 7.27. The maximum atomic E-state index is 13.2. The Labute approximate surface area is 143 Å². The molecule has 0 aliphatic carbocycles. The van der Waals surface area contributed by atoms with Crippen LogP contribution in [0.4, 0.5) is 0 Å². The fraction of sp³-hybridized carbons (Fsp3) is 0.526. The van der Waals surface area contributed by atoms with E-state index in [1.165, 1.54) is 7.11 Å². The molecular formula is C19H24N2O3. The zero-order chi connectivity index (χ0) is 18.2. The summed E-state index contributed by atoms with van der Waals surface area (Å²) in [5, 5.41) is 9.79. The Morgan fingerprint density at radius 2 is 1.83 bits per heavy atom. The lowest BCUT2D eigenvalue weighted by Crippen LogP contribution is -2.59. The minimum Gasteiger partial charge on any atom is -0.469 e. The van der Waals surface area contributed by atoms with Crippen LogP contribution in [-0.2, 0) is 19.7 Å². The van der Waals surface area contributed by atoms with E-state index in [-0.39, 0.29) is 11.9 Å². The van der Waals surface area contributed by atoms with Crippen molar-refractivity contribution in [3.8, 4) is 6.07 Å². The Morgan fingerprint density at radius 1 is 1.25 bits per heavy atom. The van der Waals surface area contributed by atoms with Gasteiger partial charge >= 0.3 is 5.97 Å². The number of rotatable bonds is 4. The van der Waals surface area contributed by atoms with Crippen molar-refractivity contribution in [2.24, 2.45) is 5.41 Å². The van der Waals surface area contributed by atoms with E-state index in [9.17, 15) is 14.9 Å². The van der Waals surface area contributed by atoms with Crippen molar-refractivity contribution >= 4 is 11.9 Å². The highest BCUT2D eigenvalue weighted by Crippen LogP contribution is 2.44. The first kappa shape index (κ1) is 18.0. The summed E-state index contributed by atoms with van der Waals surface area (Å²) in [6.07, 6.45) is 0.410. The van der Waals surface area contributed by atoms with Crippen LogP contribution in [0.25, 0.3) is 0 Å². The largest absolute Gasteiger partial charge is 0.469 e. The van der Waals surface area contributed by atoms with E-state index in [4.69, 9.17) is 4.74 Å². The van der Waals surface area contributed by atoms with Crippen LogP contribution in [0.3, 0.4) is 0 Å². The van der Waals surface area contributed by atoms with Crippen LogP contribution in [0.2, 0.25) is 0 Å². The predicted octanol–water partition coefficient (Wildman–Crippen LogP) is 2.66. The topological polar surface area (TPSA) is 70.4 Å². The van der Waals surface area contributed by atoms with E-state index < -0.39 is 16.4 Å². The Hall–Kier alpha value is -2.35. The molecule has 1 fully saturated rings. The monoisotopic (exact) mass is 328 g/mol. The van der Waals surface area contributed by atoms with Crippen molar-refractivity contribution in [3.05, 3.63) is 35.9 Å². The standard InChI is InChI=1S/C19H24N2O3/c1-17(2,16(23)24-5)18(3,4)21-12-11-19(13-20,15(21)22)14-9-7-6-8-10-14/h6-10H,11-12H2,1-5H3. The number of esters is 1. The predicted molar refractivity (Wildman–Crippen MR) is 89.9 cm³/mol. The Kier molecular flexibility index (Phi) is 4.45. The molecule has 5 nitrogen and oxygen atoms in total. The number of ether oxygens (including phenoxy) is 1. The molecule has 1 saturated heterocycles. The summed E-state index contributed by atoms with van der Waals surface area (Å²) >= 11 is 0. The Bertz CT molecular complexity index is 688. The molecule has 2 rings (SSSR count). The molecule has 1 heterocycles. The van der Waals surface area contributed by atoms with E-state index in [0.29, 0.717) is 18.5 Å². The number of methoxy groups -OCH3 is 1. The quantitative estimate of drug-likeness (QED) is 0.797. The van der Waals surface area contributed by atoms with E-state index in [1.807, 2.05) is 44.2 Å². The third kappa shape index (κ3) is 2.37. The molecular weight excluding hydrogens is 304 g/mol. The zero-order valence-electron chi connectivity index (χ0n) is 14.9. The van der Waals surface area contributed by atoms with Crippen LogP contribution in [0.1, 0.15) is 39.7 Å². The number of hydrogen-bond acceptors (Lipinski definition) is 4. The lowest BCUT2D eigenvalue weighted by atomic mass is 9.73. The first-order valence-corrected chi connectivity index (χ1v) is 8.02. The molecule has 1 amide bonds. The zero-order valence-corrected chi connectivity index (χ0v) is 14.9. The maximum Gasteiger partial charge on any atom is 0.313 e. The molecule has 0 spiro atoms. The Morgan fingerprint density at radius 3 is 2.33 bits per heavy atom. The van der Waals surface area contributed by atoms with Gasteiger partial charge in [-0.25, -0.2) is 0 Å². The number of hydrogen-bond donors (Lipinski definition) is 0. The fourth-order valence-electron chi connectivity index (χ4n) is 3.25. The number of nitriles is 1. The molecule has 1 aliphatic heterocycles. The fourth-order valence-corrected chi connectivity index (χ4v) is 3.25. The van der Waals surface area contributed by atoms with E-state index in [0.717, 1.165) is 0 Å². The van der Waals surface area contributed by atoms with Crippen LogP contribution in [-0.4, -0.2) is 36.0 Å².